The number of methoxy groups -OCH3 is 1. The summed E-state index contributed by atoms with van der Waals surface area (Å²) in [7, 11) is 1.49. The van der Waals surface area contributed by atoms with Crippen molar-refractivity contribution in [2.24, 2.45) is 0 Å². The number of carbonyl (C=O) groups is 2. The lowest BCUT2D eigenvalue weighted by atomic mass is 10.0. The quantitative estimate of drug-likeness (QED) is 0.562. The van der Waals surface area contributed by atoms with Crippen LogP contribution in [0.1, 0.15) is 35.7 Å². The van der Waals surface area contributed by atoms with Crippen LogP contribution in [0, 0.1) is 0 Å². The van der Waals surface area contributed by atoms with Crippen LogP contribution < -0.4 is 20.1 Å². The van der Waals surface area contributed by atoms with E-state index in [0.29, 0.717) is 34.4 Å². The molecule has 0 fully saturated rings. The predicted octanol–water partition coefficient (Wildman–Crippen LogP) is 4.48. The molecule has 160 valence electrons. The van der Waals surface area contributed by atoms with E-state index >= 15 is 0 Å². The van der Waals surface area contributed by atoms with Gasteiger partial charge in [-0.2, -0.15) is 0 Å². The summed E-state index contributed by atoms with van der Waals surface area (Å²) in [6.45, 7) is 4.11. The first kappa shape index (κ1) is 21.8. The van der Waals surface area contributed by atoms with E-state index in [9.17, 15) is 9.59 Å². The molecule has 1 aromatic heterocycles. The van der Waals surface area contributed by atoms with Gasteiger partial charge in [0, 0.05) is 24.1 Å². The number of ether oxygens (including phenoxy) is 2. The predicted molar refractivity (Wildman–Crippen MR) is 120 cm³/mol. The highest BCUT2D eigenvalue weighted by molar-refractivity contribution is 6.05. The minimum atomic E-state index is -0.305. The van der Waals surface area contributed by atoms with Gasteiger partial charge in [-0.25, -0.2) is 0 Å². The van der Waals surface area contributed by atoms with E-state index in [0.717, 1.165) is 0 Å². The van der Waals surface area contributed by atoms with Gasteiger partial charge in [0.15, 0.2) is 6.61 Å². The summed E-state index contributed by atoms with van der Waals surface area (Å²) >= 11 is 0. The summed E-state index contributed by atoms with van der Waals surface area (Å²) in [5, 5.41) is 5.54. The van der Waals surface area contributed by atoms with Crippen LogP contribution in [0.2, 0.25) is 0 Å². The molecule has 1 heterocycles. The number of carbonyl (C=O) groups excluding carboxylic acids is 2. The van der Waals surface area contributed by atoms with Crippen LogP contribution in [0.15, 0.2) is 67.0 Å². The van der Waals surface area contributed by atoms with Crippen LogP contribution in [-0.4, -0.2) is 30.5 Å². The number of hydrogen-bond acceptors (Lipinski definition) is 5. The monoisotopic (exact) mass is 419 g/mol. The molecule has 0 saturated heterocycles. The lowest BCUT2D eigenvalue weighted by molar-refractivity contribution is -0.118. The molecular formula is C24H25N3O4. The number of nitrogens with zero attached hydrogens (tertiary/aromatic N) is 1. The van der Waals surface area contributed by atoms with E-state index in [1.54, 1.807) is 36.5 Å². The van der Waals surface area contributed by atoms with Crippen molar-refractivity contribution < 1.29 is 19.1 Å². The standard InChI is InChI=1S/C24H25N3O4/c1-16(2)17-6-9-20(10-7-17)31-15-23(28)26-19-8-11-21(22(13-19)30-3)27-24(29)18-5-4-12-25-14-18/h4-14,16H,15H2,1-3H3,(H,26,28)(H,27,29). The zero-order chi connectivity index (χ0) is 22.2. The number of amides is 2. The molecule has 7 heteroatoms. The molecule has 3 aromatic rings. The number of nitrogens with one attached hydrogen (secondary N) is 2. The minimum Gasteiger partial charge on any atom is -0.494 e. The van der Waals surface area contributed by atoms with Crippen LogP contribution in [0.3, 0.4) is 0 Å². The van der Waals surface area contributed by atoms with Gasteiger partial charge in [0.2, 0.25) is 0 Å². The fraction of sp³-hybridized carbons (Fsp3) is 0.208. The van der Waals surface area contributed by atoms with Gasteiger partial charge < -0.3 is 20.1 Å². The van der Waals surface area contributed by atoms with Gasteiger partial charge in [-0.3, -0.25) is 14.6 Å². The first-order chi connectivity index (χ1) is 15.0. The summed E-state index contributed by atoms with van der Waals surface area (Å²) in [5.41, 5.74) is 2.65. The molecule has 0 aliphatic heterocycles. The largest absolute Gasteiger partial charge is 0.494 e. The molecule has 2 aromatic carbocycles. The first-order valence-electron chi connectivity index (χ1n) is 9.88. The Morgan fingerprint density at radius 2 is 1.81 bits per heavy atom. The van der Waals surface area contributed by atoms with Gasteiger partial charge in [-0.05, 0) is 47.9 Å². The van der Waals surface area contributed by atoms with E-state index in [1.807, 2.05) is 24.3 Å². The summed E-state index contributed by atoms with van der Waals surface area (Å²) < 4.78 is 10.9. The van der Waals surface area contributed by atoms with E-state index in [-0.39, 0.29) is 18.4 Å². The summed E-state index contributed by atoms with van der Waals surface area (Å²) in [4.78, 5) is 28.5. The zero-order valence-corrected chi connectivity index (χ0v) is 17.7. The van der Waals surface area contributed by atoms with Crippen molar-refractivity contribution in [3.8, 4) is 11.5 Å². The third-order valence-electron chi connectivity index (χ3n) is 4.57. The maximum atomic E-state index is 12.3. The van der Waals surface area contributed by atoms with Crippen molar-refractivity contribution in [2.75, 3.05) is 24.4 Å². The second-order valence-corrected chi connectivity index (χ2v) is 7.17. The molecular weight excluding hydrogens is 394 g/mol. The lowest BCUT2D eigenvalue weighted by Crippen LogP contribution is -2.20. The van der Waals surface area contributed by atoms with Crippen molar-refractivity contribution in [3.63, 3.8) is 0 Å². The number of rotatable bonds is 8. The molecule has 0 atom stereocenters. The van der Waals surface area contributed by atoms with Gasteiger partial charge >= 0.3 is 0 Å². The Balaban J connectivity index is 1.58. The summed E-state index contributed by atoms with van der Waals surface area (Å²) in [6.07, 6.45) is 3.08. The van der Waals surface area contributed by atoms with E-state index in [4.69, 9.17) is 9.47 Å². The summed E-state index contributed by atoms with van der Waals surface area (Å²) in [5.74, 6) is 0.873. The minimum absolute atomic E-state index is 0.122. The summed E-state index contributed by atoms with van der Waals surface area (Å²) in [6, 6.07) is 16.0. The Hall–Kier alpha value is -3.87. The molecule has 31 heavy (non-hydrogen) atoms. The average Bonchev–Trinajstić information content (AvgIpc) is 2.79. The first-order valence-corrected chi connectivity index (χ1v) is 9.88. The Kier molecular flexibility index (Phi) is 7.22. The van der Waals surface area contributed by atoms with Crippen LogP contribution in [0.25, 0.3) is 0 Å². The lowest BCUT2D eigenvalue weighted by Gasteiger charge is -2.13. The number of pyridine rings is 1. The maximum Gasteiger partial charge on any atom is 0.262 e. The number of benzene rings is 2. The SMILES string of the molecule is COc1cc(NC(=O)COc2ccc(C(C)C)cc2)ccc1NC(=O)c1cccnc1. The molecule has 0 aliphatic rings. The molecule has 0 bridgehead atoms. The normalized spacial score (nSPS) is 10.5. The molecule has 0 radical (unpaired) electrons. The third kappa shape index (κ3) is 6.05. The molecule has 2 N–H and O–H groups in total. The fourth-order valence-corrected chi connectivity index (χ4v) is 2.86. The van der Waals surface area contributed by atoms with Gasteiger partial charge in [0.05, 0.1) is 18.4 Å². The van der Waals surface area contributed by atoms with Crippen LogP contribution in [0.4, 0.5) is 11.4 Å². The highest BCUT2D eigenvalue weighted by atomic mass is 16.5. The molecule has 7 nitrogen and oxygen atoms in total. The molecule has 0 saturated carbocycles. The molecule has 2 amide bonds. The number of anilines is 2. The zero-order valence-electron chi connectivity index (χ0n) is 17.7. The van der Waals surface area contributed by atoms with Crippen molar-refractivity contribution in [1.29, 1.82) is 0 Å². The van der Waals surface area contributed by atoms with Crippen LogP contribution in [-0.2, 0) is 4.79 Å². The van der Waals surface area contributed by atoms with Crippen molar-refractivity contribution >= 4 is 23.2 Å². The smallest absolute Gasteiger partial charge is 0.262 e. The maximum absolute atomic E-state index is 12.3. The highest BCUT2D eigenvalue weighted by Crippen LogP contribution is 2.28. The van der Waals surface area contributed by atoms with E-state index in [2.05, 4.69) is 29.5 Å². The molecule has 0 spiro atoms. The molecule has 0 unspecified atom stereocenters. The second kappa shape index (κ2) is 10.2. The number of hydrogen-bond donors (Lipinski definition) is 2. The van der Waals surface area contributed by atoms with Gasteiger partial charge in [-0.1, -0.05) is 26.0 Å². The van der Waals surface area contributed by atoms with E-state index in [1.165, 1.54) is 18.9 Å². The fourth-order valence-electron chi connectivity index (χ4n) is 2.86. The molecule has 0 aliphatic carbocycles. The third-order valence-corrected chi connectivity index (χ3v) is 4.57. The highest BCUT2D eigenvalue weighted by Gasteiger charge is 2.12. The van der Waals surface area contributed by atoms with Gasteiger partial charge in [0.1, 0.15) is 11.5 Å². The van der Waals surface area contributed by atoms with Crippen molar-refractivity contribution in [3.05, 3.63) is 78.1 Å². The van der Waals surface area contributed by atoms with Crippen molar-refractivity contribution in [2.45, 2.75) is 19.8 Å². The average molecular weight is 419 g/mol. The van der Waals surface area contributed by atoms with Crippen LogP contribution in [0.5, 0.6) is 11.5 Å². The molecule has 3 rings (SSSR count). The van der Waals surface area contributed by atoms with Gasteiger partial charge in [-0.15, -0.1) is 0 Å². The topological polar surface area (TPSA) is 89.5 Å². The number of aromatic nitrogens is 1. The Morgan fingerprint density at radius 3 is 2.45 bits per heavy atom. The van der Waals surface area contributed by atoms with Crippen molar-refractivity contribution in [1.82, 2.24) is 4.98 Å². The van der Waals surface area contributed by atoms with Crippen LogP contribution >= 0.6 is 0 Å². The Morgan fingerprint density at radius 1 is 1.03 bits per heavy atom. The van der Waals surface area contributed by atoms with Gasteiger partial charge in [0.25, 0.3) is 11.8 Å². The van der Waals surface area contributed by atoms with E-state index < -0.39 is 0 Å². The Bertz CT molecular complexity index is 1030. The second-order valence-electron chi connectivity index (χ2n) is 7.17. The Labute approximate surface area is 181 Å².